The first-order chi connectivity index (χ1) is 15.4. The van der Waals surface area contributed by atoms with E-state index >= 15 is 0 Å². The van der Waals surface area contributed by atoms with E-state index in [1.807, 2.05) is 50.2 Å². The second-order valence-electron chi connectivity index (χ2n) is 7.56. The van der Waals surface area contributed by atoms with E-state index in [9.17, 15) is 9.59 Å². The predicted molar refractivity (Wildman–Crippen MR) is 122 cm³/mol. The van der Waals surface area contributed by atoms with Crippen molar-refractivity contribution in [2.24, 2.45) is 4.99 Å². The molecule has 0 saturated carbocycles. The van der Waals surface area contributed by atoms with Crippen LogP contribution in [0.4, 0.5) is 0 Å². The summed E-state index contributed by atoms with van der Waals surface area (Å²) in [4.78, 5) is 35.5. The number of methoxy groups -OCH3 is 1. The summed E-state index contributed by atoms with van der Waals surface area (Å²) in [6.07, 6.45) is 5.06. The Labute approximate surface area is 189 Å². The van der Waals surface area contributed by atoms with Crippen LogP contribution in [0.25, 0.3) is 6.08 Å². The third-order valence-electron chi connectivity index (χ3n) is 4.99. The quantitative estimate of drug-likeness (QED) is 0.559. The lowest BCUT2D eigenvalue weighted by atomic mass is 9.95. The molecule has 3 aromatic rings. The molecule has 0 radical (unpaired) electrons. The fraction of sp³-hybridized carbons (Fsp3) is 0.250. The Kier molecular flexibility index (Phi) is 6.05. The van der Waals surface area contributed by atoms with Crippen LogP contribution in [0.1, 0.15) is 37.9 Å². The maximum absolute atomic E-state index is 13.5. The van der Waals surface area contributed by atoms with Gasteiger partial charge in [0, 0.05) is 18.0 Å². The number of carbonyl (C=O) groups excluding carboxylic acids is 1. The van der Waals surface area contributed by atoms with Gasteiger partial charge in [-0.25, -0.2) is 9.79 Å². The van der Waals surface area contributed by atoms with Crippen LogP contribution in [-0.4, -0.2) is 28.7 Å². The van der Waals surface area contributed by atoms with E-state index < -0.39 is 12.0 Å². The summed E-state index contributed by atoms with van der Waals surface area (Å²) in [7, 11) is 1.32. The summed E-state index contributed by atoms with van der Waals surface area (Å²) < 4.78 is 13.1. The van der Waals surface area contributed by atoms with Gasteiger partial charge in [0.15, 0.2) is 4.80 Å². The van der Waals surface area contributed by atoms with Crippen LogP contribution in [-0.2, 0) is 9.53 Å². The Hall–Kier alpha value is -3.52. The maximum Gasteiger partial charge on any atom is 0.338 e. The largest absolute Gasteiger partial charge is 0.491 e. The van der Waals surface area contributed by atoms with Gasteiger partial charge < -0.3 is 9.47 Å². The van der Waals surface area contributed by atoms with Crippen molar-refractivity contribution >= 4 is 23.4 Å². The molecule has 0 aliphatic carbocycles. The van der Waals surface area contributed by atoms with Crippen LogP contribution in [0.15, 0.2) is 69.8 Å². The predicted octanol–water partition coefficient (Wildman–Crippen LogP) is 2.59. The summed E-state index contributed by atoms with van der Waals surface area (Å²) >= 11 is 1.27. The SMILES string of the molecule is COC(=O)C1=C(C)N=c2s/c(=C\c3cccnc3)c(=O)n2[C@H]1c1ccccc1OC(C)C. The number of ether oxygens (including phenoxy) is 2. The molecule has 8 heteroatoms. The standard InChI is InChI=1S/C24H23N3O4S/c1-14(2)31-18-10-6-5-9-17(18)21-20(23(29)30-4)15(3)26-24-27(21)22(28)19(32-24)12-16-8-7-11-25-13-16/h5-14,21H,1-4H3/b19-12-/t21-/m0/s1. The number of para-hydroxylation sites is 1. The monoisotopic (exact) mass is 449 g/mol. The number of fused-ring (bicyclic) bond motifs is 1. The molecule has 0 spiro atoms. The van der Waals surface area contributed by atoms with Crippen LogP contribution in [0.2, 0.25) is 0 Å². The molecular formula is C24H23N3O4S. The highest BCUT2D eigenvalue weighted by atomic mass is 32.1. The van der Waals surface area contributed by atoms with Gasteiger partial charge in [0.05, 0.1) is 29.0 Å². The summed E-state index contributed by atoms with van der Waals surface area (Å²) in [5.74, 6) is 0.0718. The smallest absolute Gasteiger partial charge is 0.338 e. The molecular weight excluding hydrogens is 426 g/mol. The Bertz CT molecular complexity index is 1370. The molecule has 1 atom stereocenters. The first kappa shape index (κ1) is 21.7. The van der Waals surface area contributed by atoms with Crippen molar-refractivity contribution in [1.82, 2.24) is 9.55 Å². The van der Waals surface area contributed by atoms with E-state index in [4.69, 9.17) is 9.47 Å². The van der Waals surface area contributed by atoms with Crippen molar-refractivity contribution in [3.05, 3.63) is 90.9 Å². The third kappa shape index (κ3) is 4.01. The number of pyridine rings is 1. The second kappa shape index (κ2) is 8.92. The highest BCUT2D eigenvalue weighted by Gasteiger charge is 2.34. The summed E-state index contributed by atoms with van der Waals surface area (Å²) in [5, 5.41) is 0. The third-order valence-corrected chi connectivity index (χ3v) is 5.97. The number of esters is 1. The average molecular weight is 450 g/mol. The Morgan fingerprint density at radius 2 is 2.00 bits per heavy atom. The first-order valence-electron chi connectivity index (χ1n) is 10.2. The molecule has 2 aromatic heterocycles. The van der Waals surface area contributed by atoms with Crippen LogP contribution >= 0.6 is 11.3 Å². The number of carbonyl (C=O) groups is 1. The van der Waals surface area contributed by atoms with Crippen molar-refractivity contribution < 1.29 is 14.3 Å². The molecule has 0 fully saturated rings. The number of thiazole rings is 1. The molecule has 0 saturated heterocycles. The van der Waals surface area contributed by atoms with Gasteiger partial charge in [-0.3, -0.25) is 14.3 Å². The van der Waals surface area contributed by atoms with Gasteiger partial charge in [0.1, 0.15) is 11.8 Å². The summed E-state index contributed by atoms with van der Waals surface area (Å²) in [6, 6.07) is 10.4. The highest BCUT2D eigenvalue weighted by molar-refractivity contribution is 7.07. The van der Waals surface area contributed by atoms with Crippen LogP contribution in [0, 0.1) is 0 Å². The maximum atomic E-state index is 13.5. The lowest BCUT2D eigenvalue weighted by Crippen LogP contribution is -2.40. The van der Waals surface area contributed by atoms with E-state index in [0.29, 0.717) is 31.9 Å². The van der Waals surface area contributed by atoms with Crippen molar-refractivity contribution in [1.29, 1.82) is 0 Å². The van der Waals surface area contributed by atoms with E-state index in [2.05, 4.69) is 9.98 Å². The zero-order chi connectivity index (χ0) is 22.8. The molecule has 1 aliphatic rings. The van der Waals surface area contributed by atoms with E-state index in [1.165, 1.54) is 18.4 Å². The zero-order valence-corrected chi connectivity index (χ0v) is 19.1. The van der Waals surface area contributed by atoms with Gasteiger partial charge in [-0.15, -0.1) is 0 Å². The zero-order valence-electron chi connectivity index (χ0n) is 18.2. The van der Waals surface area contributed by atoms with Crippen LogP contribution < -0.4 is 19.6 Å². The van der Waals surface area contributed by atoms with E-state index in [0.717, 1.165) is 5.56 Å². The van der Waals surface area contributed by atoms with Gasteiger partial charge in [-0.2, -0.15) is 0 Å². The number of allylic oxidation sites excluding steroid dienone is 1. The minimum absolute atomic E-state index is 0.0794. The van der Waals surface area contributed by atoms with Gasteiger partial charge in [0.2, 0.25) is 0 Å². The average Bonchev–Trinajstić information content (AvgIpc) is 3.07. The number of nitrogens with zero attached hydrogens (tertiary/aromatic N) is 3. The highest BCUT2D eigenvalue weighted by Crippen LogP contribution is 2.36. The summed E-state index contributed by atoms with van der Waals surface area (Å²) in [5.41, 5.74) is 2.09. The molecule has 0 N–H and O–H groups in total. The van der Waals surface area contributed by atoms with Gasteiger partial charge in [-0.05, 0) is 44.5 Å². The minimum Gasteiger partial charge on any atom is -0.491 e. The molecule has 3 heterocycles. The molecule has 0 amide bonds. The first-order valence-corrected chi connectivity index (χ1v) is 11.0. The molecule has 0 bridgehead atoms. The topological polar surface area (TPSA) is 82.8 Å². The number of aromatic nitrogens is 2. The number of hydrogen-bond acceptors (Lipinski definition) is 7. The normalized spacial score (nSPS) is 16.0. The van der Waals surface area contributed by atoms with Crippen molar-refractivity contribution in [3.8, 4) is 5.75 Å². The fourth-order valence-corrected chi connectivity index (χ4v) is 4.71. The molecule has 0 unspecified atom stereocenters. The number of benzene rings is 1. The van der Waals surface area contributed by atoms with Crippen LogP contribution in [0.5, 0.6) is 5.75 Å². The van der Waals surface area contributed by atoms with E-state index in [-0.39, 0.29) is 11.7 Å². The van der Waals surface area contributed by atoms with Crippen LogP contribution in [0.3, 0.4) is 0 Å². The molecule has 32 heavy (non-hydrogen) atoms. The Morgan fingerprint density at radius 3 is 2.69 bits per heavy atom. The number of rotatable bonds is 5. The van der Waals surface area contributed by atoms with Crippen molar-refractivity contribution in [2.75, 3.05) is 7.11 Å². The van der Waals surface area contributed by atoms with Crippen molar-refractivity contribution in [2.45, 2.75) is 32.9 Å². The molecule has 4 rings (SSSR count). The Morgan fingerprint density at radius 1 is 1.22 bits per heavy atom. The fourth-order valence-electron chi connectivity index (χ4n) is 3.67. The Balaban J connectivity index is 2.00. The minimum atomic E-state index is -0.718. The molecule has 7 nitrogen and oxygen atoms in total. The van der Waals surface area contributed by atoms with Gasteiger partial charge in [0.25, 0.3) is 5.56 Å². The number of hydrogen-bond donors (Lipinski definition) is 0. The lowest BCUT2D eigenvalue weighted by molar-refractivity contribution is -0.136. The molecule has 164 valence electrons. The second-order valence-corrected chi connectivity index (χ2v) is 8.57. The van der Waals surface area contributed by atoms with E-state index in [1.54, 1.807) is 30.0 Å². The lowest BCUT2D eigenvalue weighted by Gasteiger charge is -2.26. The van der Waals surface area contributed by atoms with Gasteiger partial charge >= 0.3 is 5.97 Å². The van der Waals surface area contributed by atoms with Crippen molar-refractivity contribution in [3.63, 3.8) is 0 Å². The molecule has 1 aliphatic heterocycles. The van der Waals surface area contributed by atoms with Gasteiger partial charge in [-0.1, -0.05) is 35.6 Å². The summed E-state index contributed by atoms with van der Waals surface area (Å²) in [6.45, 7) is 5.61. The molecule has 1 aromatic carbocycles.